The Bertz CT molecular complexity index is 655. The fraction of sp³-hybridized carbons (Fsp3) is 0.100. The van der Waals surface area contributed by atoms with E-state index in [1.807, 2.05) is 0 Å². The van der Waals surface area contributed by atoms with Gasteiger partial charge in [-0.1, -0.05) is 16.5 Å². The Hall–Kier alpha value is -2.57. The number of hydrogen-bond donors (Lipinski definition) is 3. The first-order chi connectivity index (χ1) is 8.25. The molecule has 1 aromatic carbocycles. The Morgan fingerprint density at radius 2 is 2.06 bits per heavy atom. The van der Waals surface area contributed by atoms with Crippen molar-refractivity contribution in [2.75, 3.05) is 5.73 Å². The van der Waals surface area contributed by atoms with Gasteiger partial charge in [-0.3, -0.25) is 15.6 Å². The fourth-order valence-electron chi connectivity index (χ4n) is 1.69. The van der Waals surface area contributed by atoms with Gasteiger partial charge in [-0.15, -0.1) is 0 Å². The highest BCUT2D eigenvalue weighted by Gasteiger charge is 2.18. The highest BCUT2D eigenvalue weighted by atomic mass is 16.3. The first-order valence-corrected chi connectivity index (χ1v) is 4.99. The monoisotopic (exact) mass is 231 g/mol. The van der Waals surface area contributed by atoms with Crippen LogP contribution in [0, 0.1) is 0 Å². The smallest absolute Gasteiger partial charge is 0.193 e. The predicted octanol–water partition coefficient (Wildman–Crippen LogP) is 0.849. The number of anilines is 1. The summed E-state index contributed by atoms with van der Waals surface area (Å²) < 4.78 is 5.59. The number of rotatable bonds is 1. The van der Waals surface area contributed by atoms with E-state index >= 15 is 0 Å². The van der Waals surface area contributed by atoms with Gasteiger partial charge in [0.05, 0.1) is 11.1 Å². The molecule has 4 N–H and O–H groups in total. The van der Waals surface area contributed by atoms with Gasteiger partial charge in [0.25, 0.3) is 0 Å². The Kier molecular flexibility index (Phi) is 1.97. The van der Waals surface area contributed by atoms with E-state index in [0.29, 0.717) is 22.4 Å². The van der Waals surface area contributed by atoms with Crippen LogP contribution >= 0.6 is 0 Å². The summed E-state index contributed by atoms with van der Waals surface area (Å²) in [4.78, 5) is 11.9. The van der Waals surface area contributed by atoms with Gasteiger partial charge in [-0.2, -0.15) is 0 Å². The molecule has 2 aromatic rings. The number of nitrogen functional groups attached to an aromatic ring is 1. The van der Waals surface area contributed by atoms with Crippen LogP contribution in [0.15, 0.2) is 43.9 Å². The maximum atomic E-state index is 11.9. The van der Waals surface area contributed by atoms with Crippen LogP contribution in [-0.2, 0) is 0 Å². The summed E-state index contributed by atoms with van der Waals surface area (Å²) >= 11 is 0. The Labute approximate surface area is 95.3 Å². The van der Waals surface area contributed by atoms with Gasteiger partial charge >= 0.3 is 0 Å². The molecule has 7 nitrogen and oxygen atoms in total. The number of fused-ring (bicyclic) bond motifs is 1. The molecule has 86 valence electrons. The topological polar surface area (TPSA) is 105 Å². The van der Waals surface area contributed by atoms with Crippen molar-refractivity contribution in [2.45, 2.75) is 6.17 Å². The normalized spacial score (nSPS) is 14.8. The summed E-state index contributed by atoms with van der Waals surface area (Å²) in [5.74, 6) is 0.394. The van der Waals surface area contributed by atoms with Gasteiger partial charge in [0.1, 0.15) is 0 Å². The van der Waals surface area contributed by atoms with Gasteiger partial charge in [0, 0.05) is 6.07 Å². The van der Waals surface area contributed by atoms with Gasteiger partial charge in [-0.25, -0.2) is 0 Å². The molecular weight excluding hydrogens is 222 g/mol. The molecule has 0 amide bonds. The van der Waals surface area contributed by atoms with E-state index in [9.17, 15) is 4.79 Å². The lowest BCUT2D eigenvalue weighted by atomic mass is 10.2. The molecule has 0 bridgehead atoms. The molecule has 1 aliphatic rings. The lowest BCUT2D eigenvalue weighted by Gasteiger charge is -2.09. The lowest BCUT2D eigenvalue weighted by Crippen LogP contribution is -2.22. The van der Waals surface area contributed by atoms with E-state index in [-0.39, 0.29) is 5.43 Å². The van der Waals surface area contributed by atoms with E-state index in [2.05, 4.69) is 21.3 Å². The predicted molar refractivity (Wildman–Crippen MR) is 60.8 cm³/mol. The van der Waals surface area contributed by atoms with Crippen molar-refractivity contribution in [1.29, 1.82) is 0 Å². The number of para-hydroxylation sites is 1. The van der Waals surface area contributed by atoms with Crippen LogP contribution in [0.2, 0.25) is 0 Å². The van der Waals surface area contributed by atoms with Crippen LogP contribution in [0.1, 0.15) is 11.9 Å². The average Bonchev–Trinajstić information content (AvgIpc) is 2.84. The fourth-order valence-corrected chi connectivity index (χ4v) is 1.69. The van der Waals surface area contributed by atoms with Gasteiger partial charge in [-0.05, 0) is 12.1 Å². The Morgan fingerprint density at radius 1 is 1.29 bits per heavy atom. The van der Waals surface area contributed by atoms with Crippen LogP contribution in [0.5, 0.6) is 0 Å². The average molecular weight is 231 g/mol. The third-order valence-electron chi connectivity index (χ3n) is 2.51. The molecule has 7 heteroatoms. The third-order valence-corrected chi connectivity index (χ3v) is 2.51. The zero-order valence-corrected chi connectivity index (χ0v) is 8.68. The molecule has 0 radical (unpaired) electrons. The van der Waals surface area contributed by atoms with Crippen molar-refractivity contribution >= 4 is 16.7 Å². The van der Waals surface area contributed by atoms with Crippen LogP contribution in [0.25, 0.3) is 11.0 Å². The zero-order chi connectivity index (χ0) is 11.8. The Morgan fingerprint density at radius 3 is 2.82 bits per heavy atom. The first kappa shape index (κ1) is 9.64. The number of hydrogen-bond acceptors (Lipinski definition) is 7. The van der Waals surface area contributed by atoms with Crippen molar-refractivity contribution in [2.24, 2.45) is 10.4 Å². The van der Waals surface area contributed by atoms with Crippen molar-refractivity contribution in [3.8, 4) is 0 Å². The molecule has 1 aromatic heterocycles. The summed E-state index contributed by atoms with van der Waals surface area (Å²) in [7, 11) is 0. The van der Waals surface area contributed by atoms with E-state index in [4.69, 9.17) is 10.2 Å². The first-order valence-electron chi connectivity index (χ1n) is 4.99. The van der Waals surface area contributed by atoms with Crippen molar-refractivity contribution in [1.82, 2.24) is 10.9 Å². The minimum absolute atomic E-state index is 0.149. The van der Waals surface area contributed by atoms with Crippen LogP contribution < -0.4 is 22.0 Å². The van der Waals surface area contributed by atoms with Crippen LogP contribution in [0.3, 0.4) is 0 Å². The number of nitrogens with zero attached hydrogens (tertiary/aromatic N) is 2. The quantitative estimate of drug-likeness (QED) is 0.631. The standard InChI is InChI=1S/C10H9N5O2/c11-6-3-1-2-5-7(16)4-8(17-9(5)6)10-12-14-15-13-10/h1-4,10H,11H2,(H,12,15)(H,13,14). The largest absolute Gasteiger partial charge is 0.454 e. The lowest BCUT2D eigenvalue weighted by molar-refractivity contribution is 0.422. The molecule has 0 unspecified atom stereocenters. The molecule has 0 saturated heterocycles. The van der Waals surface area contributed by atoms with Gasteiger partial charge in [0.2, 0.25) is 0 Å². The SMILES string of the molecule is Nc1cccc2c(=O)cc(C3NN=NN3)oc12. The van der Waals surface area contributed by atoms with E-state index in [1.165, 1.54) is 6.07 Å². The summed E-state index contributed by atoms with van der Waals surface area (Å²) in [6.07, 6.45) is -0.438. The second kappa shape index (κ2) is 3.48. The van der Waals surface area contributed by atoms with Crippen molar-refractivity contribution in [3.63, 3.8) is 0 Å². The van der Waals surface area contributed by atoms with Crippen molar-refractivity contribution in [3.05, 3.63) is 40.2 Å². The van der Waals surface area contributed by atoms with Gasteiger partial charge < -0.3 is 10.2 Å². The molecule has 0 aliphatic carbocycles. The molecule has 0 fully saturated rings. The van der Waals surface area contributed by atoms with E-state index < -0.39 is 6.17 Å². The minimum Gasteiger partial charge on any atom is -0.454 e. The number of nitrogens with two attached hydrogens (primary N) is 1. The zero-order valence-electron chi connectivity index (χ0n) is 8.68. The highest BCUT2D eigenvalue weighted by molar-refractivity contribution is 5.87. The molecular formula is C10H9N5O2. The molecule has 0 saturated carbocycles. The summed E-state index contributed by atoms with van der Waals surface area (Å²) in [5, 5.41) is 7.55. The van der Waals surface area contributed by atoms with Crippen molar-refractivity contribution < 1.29 is 4.42 Å². The minimum atomic E-state index is -0.438. The number of nitrogens with one attached hydrogen (secondary N) is 2. The third kappa shape index (κ3) is 1.48. The van der Waals surface area contributed by atoms with Gasteiger partial charge in [0.15, 0.2) is 22.9 Å². The van der Waals surface area contributed by atoms with E-state index in [0.717, 1.165) is 0 Å². The van der Waals surface area contributed by atoms with Crippen LogP contribution in [-0.4, -0.2) is 0 Å². The molecule has 1 aliphatic heterocycles. The Balaban J connectivity index is 2.22. The summed E-state index contributed by atoms with van der Waals surface area (Å²) in [5.41, 5.74) is 11.7. The summed E-state index contributed by atoms with van der Waals surface area (Å²) in [6.45, 7) is 0. The van der Waals surface area contributed by atoms with E-state index in [1.54, 1.807) is 18.2 Å². The molecule has 0 atom stereocenters. The molecule has 17 heavy (non-hydrogen) atoms. The maximum absolute atomic E-state index is 11.9. The highest BCUT2D eigenvalue weighted by Crippen LogP contribution is 2.22. The summed E-state index contributed by atoms with van der Waals surface area (Å²) in [6, 6.07) is 6.46. The second-order valence-electron chi connectivity index (χ2n) is 3.63. The maximum Gasteiger partial charge on any atom is 0.193 e. The molecule has 2 heterocycles. The number of benzene rings is 1. The van der Waals surface area contributed by atoms with Crippen LogP contribution in [0.4, 0.5) is 5.69 Å². The molecule has 0 spiro atoms. The second-order valence-corrected chi connectivity index (χ2v) is 3.63. The molecule has 3 rings (SSSR count).